The molecule has 0 radical (unpaired) electrons. The number of rotatable bonds is 5. The second-order valence-electron chi connectivity index (χ2n) is 4.20. The van der Waals surface area contributed by atoms with Gasteiger partial charge in [-0.1, -0.05) is 40.3 Å². The maximum atomic E-state index is 13.2. The molecule has 124 valence electrons. The van der Waals surface area contributed by atoms with Gasteiger partial charge < -0.3 is 10.1 Å². The first-order valence-corrected chi connectivity index (χ1v) is 9.16. The van der Waals surface area contributed by atoms with Gasteiger partial charge >= 0.3 is 5.97 Å². The lowest BCUT2D eigenvalue weighted by Gasteiger charge is -2.00. The molecule has 2 aromatic heterocycles. The van der Waals surface area contributed by atoms with E-state index >= 15 is 0 Å². The van der Waals surface area contributed by atoms with Gasteiger partial charge in [0.25, 0.3) is 0 Å². The molecule has 1 N–H and O–H groups in total. The minimum atomic E-state index is -0.532. The molecule has 0 bridgehead atoms. The van der Waals surface area contributed by atoms with E-state index in [1.54, 1.807) is 12.1 Å². The van der Waals surface area contributed by atoms with Crippen LogP contribution >= 0.6 is 46.0 Å². The number of halogens is 2. The van der Waals surface area contributed by atoms with Crippen molar-refractivity contribution in [2.24, 2.45) is 0 Å². The normalized spacial score (nSPS) is 10.6. The molecular formula is C13H8ClFN4O2S3. The van der Waals surface area contributed by atoms with Crippen molar-refractivity contribution in [1.29, 1.82) is 0 Å². The zero-order valence-corrected chi connectivity index (χ0v) is 15.2. The van der Waals surface area contributed by atoms with Crippen molar-refractivity contribution in [1.82, 2.24) is 15.2 Å². The van der Waals surface area contributed by atoms with E-state index in [9.17, 15) is 9.18 Å². The first-order valence-electron chi connectivity index (χ1n) is 6.34. The highest BCUT2D eigenvalue weighted by Gasteiger charge is 2.19. The average molecular weight is 403 g/mol. The summed E-state index contributed by atoms with van der Waals surface area (Å²) >= 11 is 9.54. The molecule has 0 spiro atoms. The molecule has 0 amide bonds. The zero-order chi connectivity index (χ0) is 17.1. The number of carbonyl (C=O) groups is 1. The molecule has 0 atom stereocenters. The van der Waals surface area contributed by atoms with Crippen LogP contribution < -0.4 is 5.32 Å². The first-order chi connectivity index (χ1) is 11.5. The third-order valence-electron chi connectivity index (χ3n) is 2.59. The minimum Gasteiger partial charge on any atom is -0.465 e. The molecule has 3 rings (SSSR count). The van der Waals surface area contributed by atoms with Crippen LogP contribution in [0.2, 0.25) is 5.15 Å². The van der Waals surface area contributed by atoms with E-state index in [0.29, 0.717) is 19.5 Å². The van der Waals surface area contributed by atoms with Crippen molar-refractivity contribution in [3.05, 3.63) is 40.1 Å². The van der Waals surface area contributed by atoms with Gasteiger partial charge in [-0.3, -0.25) is 0 Å². The van der Waals surface area contributed by atoms with Crippen molar-refractivity contribution in [3.8, 4) is 0 Å². The Bertz CT molecular complexity index is 886. The SMILES string of the molecule is COC(=O)c1sc(Sc2nnc(Nc3cccc(F)c3)s2)nc1Cl. The van der Waals surface area contributed by atoms with E-state index in [4.69, 9.17) is 11.6 Å². The van der Waals surface area contributed by atoms with Crippen molar-refractivity contribution < 1.29 is 13.9 Å². The lowest BCUT2D eigenvalue weighted by molar-refractivity contribution is 0.0606. The van der Waals surface area contributed by atoms with E-state index in [0.717, 1.165) is 11.3 Å². The summed E-state index contributed by atoms with van der Waals surface area (Å²) < 4.78 is 19.0. The summed E-state index contributed by atoms with van der Waals surface area (Å²) in [6.45, 7) is 0. The van der Waals surface area contributed by atoms with Crippen molar-refractivity contribution >= 4 is 62.8 Å². The molecule has 0 aliphatic heterocycles. The van der Waals surface area contributed by atoms with Crippen LogP contribution in [0.3, 0.4) is 0 Å². The van der Waals surface area contributed by atoms with Gasteiger partial charge in [-0.25, -0.2) is 14.2 Å². The Balaban J connectivity index is 1.71. The Morgan fingerprint density at radius 2 is 2.17 bits per heavy atom. The zero-order valence-electron chi connectivity index (χ0n) is 11.9. The van der Waals surface area contributed by atoms with Crippen LogP contribution in [0.1, 0.15) is 9.67 Å². The number of nitrogens with zero attached hydrogens (tertiary/aromatic N) is 3. The second-order valence-corrected chi connectivity index (χ2v) is 8.03. The summed E-state index contributed by atoms with van der Waals surface area (Å²) in [4.78, 5) is 15.9. The van der Waals surface area contributed by atoms with Crippen LogP contribution in [-0.4, -0.2) is 28.3 Å². The number of ether oxygens (including phenoxy) is 1. The Morgan fingerprint density at radius 3 is 2.92 bits per heavy atom. The van der Waals surface area contributed by atoms with Gasteiger partial charge in [0.2, 0.25) is 5.13 Å². The quantitative estimate of drug-likeness (QED) is 0.631. The highest BCUT2D eigenvalue weighted by atomic mass is 35.5. The summed E-state index contributed by atoms with van der Waals surface area (Å²) in [5.41, 5.74) is 0.577. The Hall–Kier alpha value is -1.75. The molecule has 0 saturated carbocycles. The first kappa shape index (κ1) is 17.1. The van der Waals surface area contributed by atoms with Crippen molar-refractivity contribution in [2.45, 2.75) is 8.68 Å². The topological polar surface area (TPSA) is 77.0 Å². The number of thiazole rings is 1. The number of hydrogen-bond acceptors (Lipinski definition) is 9. The van der Waals surface area contributed by atoms with Gasteiger partial charge in [-0.15, -0.1) is 10.2 Å². The van der Waals surface area contributed by atoms with E-state index in [-0.39, 0.29) is 15.8 Å². The molecule has 3 aromatic rings. The molecular weight excluding hydrogens is 395 g/mol. The van der Waals surface area contributed by atoms with E-state index in [2.05, 4.69) is 25.2 Å². The van der Waals surface area contributed by atoms with Gasteiger partial charge in [-0.05, 0) is 30.0 Å². The molecule has 0 fully saturated rings. The Kier molecular flexibility index (Phi) is 5.29. The van der Waals surface area contributed by atoms with E-state index in [1.165, 1.54) is 42.3 Å². The fourth-order valence-corrected chi connectivity index (χ4v) is 4.91. The van der Waals surface area contributed by atoms with Crippen LogP contribution in [-0.2, 0) is 4.74 Å². The second kappa shape index (κ2) is 7.43. The smallest absolute Gasteiger partial charge is 0.351 e. The number of methoxy groups -OCH3 is 1. The number of esters is 1. The molecule has 0 unspecified atom stereocenters. The van der Waals surface area contributed by atoms with Crippen LogP contribution in [0.5, 0.6) is 0 Å². The standard InChI is InChI=1S/C13H8ClFN4O2S3/c1-21-10(20)8-9(14)17-12(22-8)24-13-19-18-11(23-13)16-7-4-2-3-6(15)5-7/h2-5H,1H3,(H,16,18). The number of nitrogens with one attached hydrogen (secondary N) is 1. The summed E-state index contributed by atoms with van der Waals surface area (Å²) in [5, 5.41) is 11.6. The fraction of sp³-hybridized carbons (Fsp3) is 0.0769. The van der Waals surface area contributed by atoms with Crippen LogP contribution in [0, 0.1) is 5.82 Å². The number of benzene rings is 1. The number of carbonyl (C=O) groups excluding carboxylic acids is 1. The van der Waals surface area contributed by atoms with Gasteiger partial charge in [-0.2, -0.15) is 0 Å². The van der Waals surface area contributed by atoms with Gasteiger partial charge in [0.05, 0.1) is 7.11 Å². The number of anilines is 2. The molecule has 0 aliphatic carbocycles. The van der Waals surface area contributed by atoms with Gasteiger partial charge in [0.15, 0.2) is 18.7 Å². The highest BCUT2D eigenvalue weighted by Crippen LogP contribution is 2.37. The van der Waals surface area contributed by atoms with E-state index in [1.807, 2.05) is 0 Å². The summed E-state index contributed by atoms with van der Waals surface area (Å²) in [7, 11) is 1.28. The Labute approximate surface area is 153 Å². The summed E-state index contributed by atoms with van der Waals surface area (Å²) in [5.74, 6) is -0.873. The summed E-state index contributed by atoms with van der Waals surface area (Å²) in [6, 6.07) is 6.04. The maximum absolute atomic E-state index is 13.2. The predicted molar refractivity (Wildman–Crippen MR) is 92.2 cm³/mol. The third kappa shape index (κ3) is 4.01. The Morgan fingerprint density at radius 1 is 1.33 bits per heavy atom. The largest absolute Gasteiger partial charge is 0.465 e. The predicted octanol–water partition coefficient (Wildman–Crippen LogP) is 4.47. The minimum absolute atomic E-state index is 0.0944. The van der Waals surface area contributed by atoms with Crippen molar-refractivity contribution in [2.75, 3.05) is 12.4 Å². The summed E-state index contributed by atoms with van der Waals surface area (Å²) in [6.07, 6.45) is 0. The number of hydrogen-bond donors (Lipinski definition) is 1. The van der Waals surface area contributed by atoms with Crippen molar-refractivity contribution in [3.63, 3.8) is 0 Å². The lowest BCUT2D eigenvalue weighted by Crippen LogP contribution is -1.98. The monoisotopic (exact) mass is 402 g/mol. The number of aromatic nitrogens is 3. The van der Waals surface area contributed by atoms with Gasteiger partial charge in [0.1, 0.15) is 5.82 Å². The lowest BCUT2D eigenvalue weighted by atomic mass is 10.3. The average Bonchev–Trinajstić information content (AvgIpc) is 3.13. The molecule has 11 heteroatoms. The maximum Gasteiger partial charge on any atom is 0.351 e. The molecule has 2 heterocycles. The molecule has 0 saturated heterocycles. The van der Waals surface area contributed by atoms with Gasteiger partial charge in [0, 0.05) is 5.69 Å². The molecule has 24 heavy (non-hydrogen) atoms. The molecule has 1 aromatic carbocycles. The molecule has 6 nitrogen and oxygen atoms in total. The highest BCUT2D eigenvalue weighted by molar-refractivity contribution is 8.02. The van der Waals surface area contributed by atoms with Crippen LogP contribution in [0.15, 0.2) is 32.9 Å². The van der Waals surface area contributed by atoms with Crippen LogP contribution in [0.4, 0.5) is 15.2 Å². The van der Waals surface area contributed by atoms with Crippen LogP contribution in [0.25, 0.3) is 0 Å². The third-order valence-corrected chi connectivity index (χ3v) is 5.97. The molecule has 0 aliphatic rings. The fourth-order valence-electron chi connectivity index (χ4n) is 1.61. The van der Waals surface area contributed by atoms with E-state index < -0.39 is 5.97 Å².